The average molecular weight is 386 g/mol. The van der Waals surface area contributed by atoms with Gasteiger partial charge in [0.25, 0.3) is 0 Å². The molecular weight excluding hydrogens is 368 g/mol. The molecule has 138 valence electrons. The van der Waals surface area contributed by atoms with Crippen molar-refractivity contribution in [1.29, 1.82) is 0 Å². The Labute approximate surface area is 167 Å². The Morgan fingerprint density at radius 1 is 0.929 bits per heavy atom. The molecule has 4 rings (SSSR count). The van der Waals surface area contributed by atoms with Crippen LogP contribution in [0.3, 0.4) is 0 Å². The molecule has 28 heavy (non-hydrogen) atoms. The predicted octanol–water partition coefficient (Wildman–Crippen LogP) is 5.13. The van der Waals surface area contributed by atoms with E-state index in [0.29, 0.717) is 6.42 Å². The van der Waals surface area contributed by atoms with Crippen LogP contribution >= 0.6 is 11.3 Å². The minimum absolute atomic E-state index is 0.0319. The summed E-state index contributed by atoms with van der Waals surface area (Å²) in [7, 11) is 0. The Kier molecular flexibility index (Phi) is 5.40. The molecular formula is C22H18N4OS. The first kappa shape index (κ1) is 17.9. The van der Waals surface area contributed by atoms with E-state index in [-0.39, 0.29) is 5.91 Å². The van der Waals surface area contributed by atoms with Crippen LogP contribution in [0.25, 0.3) is 11.3 Å². The van der Waals surface area contributed by atoms with E-state index in [1.165, 1.54) is 11.3 Å². The summed E-state index contributed by atoms with van der Waals surface area (Å²) < 4.78 is 0. The van der Waals surface area contributed by atoms with Gasteiger partial charge >= 0.3 is 0 Å². The largest absolute Gasteiger partial charge is 0.330 e. The normalized spacial score (nSPS) is 10.4. The molecule has 0 aliphatic rings. The SMILES string of the molecule is O=C(Cc1ccccc1)Nc1ccc(-c2csc(Nc3cccnc3)n2)cc1. The summed E-state index contributed by atoms with van der Waals surface area (Å²) in [5.41, 5.74) is 4.55. The van der Waals surface area contributed by atoms with Crippen LogP contribution in [0.4, 0.5) is 16.5 Å². The van der Waals surface area contributed by atoms with Crippen LogP contribution in [0.2, 0.25) is 0 Å². The fraction of sp³-hybridized carbons (Fsp3) is 0.0455. The summed E-state index contributed by atoms with van der Waals surface area (Å²) >= 11 is 1.54. The van der Waals surface area contributed by atoms with Crippen LogP contribution in [-0.2, 0) is 11.2 Å². The maximum Gasteiger partial charge on any atom is 0.228 e. The van der Waals surface area contributed by atoms with Gasteiger partial charge in [0.05, 0.1) is 24.0 Å². The second-order valence-corrected chi connectivity index (χ2v) is 7.05. The fourth-order valence-electron chi connectivity index (χ4n) is 2.73. The van der Waals surface area contributed by atoms with Crippen molar-refractivity contribution >= 4 is 33.8 Å². The Bertz CT molecular complexity index is 1050. The van der Waals surface area contributed by atoms with Gasteiger partial charge in [-0.25, -0.2) is 4.98 Å². The number of aromatic nitrogens is 2. The van der Waals surface area contributed by atoms with Gasteiger partial charge in [0.1, 0.15) is 0 Å². The fourth-order valence-corrected chi connectivity index (χ4v) is 3.47. The minimum Gasteiger partial charge on any atom is -0.330 e. The molecule has 5 nitrogen and oxygen atoms in total. The molecule has 2 N–H and O–H groups in total. The van der Waals surface area contributed by atoms with E-state index >= 15 is 0 Å². The van der Waals surface area contributed by atoms with Gasteiger partial charge in [-0.05, 0) is 29.8 Å². The third-order valence-corrected chi connectivity index (χ3v) is 4.85. The number of amides is 1. The molecule has 0 fully saturated rings. The number of rotatable bonds is 6. The molecule has 0 unspecified atom stereocenters. The molecule has 2 aromatic carbocycles. The lowest BCUT2D eigenvalue weighted by atomic mass is 10.1. The maximum atomic E-state index is 12.2. The number of thiazole rings is 1. The molecule has 1 amide bonds. The summed E-state index contributed by atoms with van der Waals surface area (Å²) in [6.45, 7) is 0. The standard InChI is InChI=1S/C22H18N4OS/c27-21(13-16-5-2-1-3-6-16)24-18-10-8-17(9-11-18)20-15-28-22(26-20)25-19-7-4-12-23-14-19/h1-12,14-15H,13H2,(H,24,27)(H,25,26). The monoisotopic (exact) mass is 386 g/mol. The summed E-state index contributed by atoms with van der Waals surface area (Å²) in [5, 5.41) is 8.98. The van der Waals surface area contributed by atoms with Crippen molar-refractivity contribution in [3.63, 3.8) is 0 Å². The highest BCUT2D eigenvalue weighted by atomic mass is 32.1. The molecule has 0 aliphatic heterocycles. The first-order valence-corrected chi connectivity index (χ1v) is 9.71. The van der Waals surface area contributed by atoms with Gasteiger partial charge < -0.3 is 10.6 Å². The van der Waals surface area contributed by atoms with E-state index in [4.69, 9.17) is 0 Å². The van der Waals surface area contributed by atoms with E-state index in [2.05, 4.69) is 20.6 Å². The lowest BCUT2D eigenvalue weighted by molar-refractivity contribution is -0.115. The number of carbonyl (C=O) groups excluding carboxylic acids is 1. The van der Waals surface area contributed by atoms with Gasteiger partial charge in [-0.1, -0.05) is 42.5 Å². The highest BCUT2D eigenvalue weighted by Gasteiger charge is 2.07. The first-order chi connectivity index (χ1) is 13.8. The molecule has 0 saturated heterocycles. The van der Waals surface area contributed by atoms with E-state index in [1.807, 2.05) is 72.1 Å². The van der Waals surface area contributed by atoms with Crippen molar-refractivity contribution in [3.8, 4) is 11.3 Å². The minimum atomic E-state index is -0.0319. The third-order valence-electron chi connectivity index (χ3n) is 4.09. The highest BCUT2D eigenvalue weighted by molar-refractivity contribution is 7.14. The van der Waals surface area contributed by atoms with Crippen LogP contribution in [-0.4, -0.2) is 15.9 Å². The topological polar surface area (TPSA) is 66.9 Å². The van der Waals surface area contributed by atoms with E-state index in [0.717, 1.165) is 33.3 Å². The Hall–Kier alpha value is -3.51. The smallest absolute Gasteiger partial charge is 0.228 e. The van der Waals surface area contributed by atoms with E-state index in [9.17, 15) is 4.79 Å². The van der Waals surface area contributed by atoms with Crippen molar-refractivity contribution in [2.75, 3.05) is 10.6 Å². The quantitative estimate of drug-likeness (QED) is 0.482. The lowest BCUT2D eigenvalue weighted by Gasteiger charge is -2.06. The van der Waals surface area contributed by atoms with Crippen molar-refractivity contribution in [2.45, 2.75) is 6.42 Å². The zero-order valence-electron chi connectivity index (χ0n) is 15.0. The van der Waals surface area contributed by atoms with E-state index in [1.54, 1.807) is 12.4 Å². The number of benzene rings is 2. The number of anilines is 3. The van der Waals surface area contributed by atoms with Crippen molar-refractivity contribution < 1.29 is 4.79 Å². The Morgan fingerprint density at radius 2 is 1.75 bits per heavy atom. The number of nitrogens with one attached hydrogen (secondary N) is 2. The zero-order chi connectivity index (χ0) is 19.2. The summed E-state index contributed by atoms with van der Waals surface area (Å²) in [6.07, 6.45) is 3.85. The molecule has 2 aromatic heterocycles. The molecule has 6 heteroatoms. The second kappa shape index (κ2) is 8.45. The van der Waals surface area contributed by atoms with Gasteiger partial charge in [0.2, 0.25) is 5.91 Å². The Balaban J connectivity index is 1.39. The number of hydrogen-bond acceptors (Lipinski definition) is 5. The molecule has 0 radical (unpaired) electrons. The first-order valence-electron chi connectivity index (χ1n) is 8.83. The summed E-state index contributed by atoms with van der Waals surface area (Å²) in [5.74, 6) is -0.0319. The summed E-state index contributed by atoms with van der Waals surface area (Å²) in [4.78, 5) is 20.9. The molecule has 0 atom stereocenters. The van der Waals surface area contributed by atoms with Gasteiger partial charge in [-0.2, -0.15) is 0 Å². The molecule has 0 aliphatic carbocycles. The number of carbonyl (C=O) groups is 1. The van der Waals surface area contributed by atoms with Crippen LogP contribution in [0.5, 0.6) is 0 Å². The highest BCUT2D eigenvalue weighted by Crippen LogP contribution is 2.27. The van der Waals surface area contributed by atoms with E-state index < -0.39 is 0 Å². The third kappa shape index (κ3) is 4.61. The zero-order valence-corrected chi connectivity index (χ0v) is 15.8. The van der Waals surface area contributed by atoms with Gasteiger partial charge in [-0.15, -0.1) is 11.3 Å². The molecule has 0 spiro atoms. The number of nitrogens with zero attached hydrogens (tertiary/aromatic N) is 2. The molecule has 0 bridgehead atoms. The van der Waals surface area contributed by atoms with Gasteiger partial charge in [0.15, 0.2) is 5.13 Å². The van der Waals surface area contributed by atoms with Gasteiger partial charge in [0, 0.05) is 22.8 Å². The van der Waals surface area contributed by atoms with Gasteiger partial charge in [-0.3, -0.25) is 9.78 Å². The predicted molar refractivity (Wildman–Crippen MR) is 114 cm³/mol. The molecule has 0 saturated carbocycles. The second-order valence-electron chi connectivity index (χ2n) is 6.19. The number of hydrogen-bond donors (Lipinski definition) is 2. The summed E-state index contributed by atoms with van der Waals surface area (Å²) in [6, 6.07) is 21.2. The average Bonchev–Trinajstić information content (AvgIpc) is 3.18. The molecule has 4 aromatic rings. The maximum absolute atomic E-state index is 12.2. The van der Waals surface area contributed by atoms with Crippen LogP contribution in [0.1, 0.15) is 5.56 Å². The van der Waals surface area contributed by atoms with Crippen LogP contribution < -0.4 is 10.6 Å². The number of pyridine rings is 1. The van der Waals surface area contributed by atoms with Crippen LogP contribution in [0, 0.1) is 0 Å². The lowest BCUT2D eigenvalue weighted by Crippen LogP contribution is -2.14. The van der Waals surface area contributed by atoms with Crippen molar-refractivity contribution in [1.82, 2.24) is 9.97 Å². The van der Waals surface area contributed by atoms with Crippen molar-refractivity contribution in [3.05, 3.63) is 90.1 Å². The Morgan fingerprint density at radius 3 is 2.50 bits per heavy atom. The van der Waals surface area contributed by atoms with Crippen LogP contribution in [0.15, 0.2) is 84.5 Å². The van der Waals surface area contributed by atoms with Crippen molar-refractivity contribution in [2.24, 2.45) is 0 Å². The molecule has 2 heterocycles.